The van der Waals surface area contributed by atoms with Crippen molar-refractivity contribution >= 4 is 28.7 Å². The second-order valence-electron chi connectivity index (χ2n) is 9.58. The summed E-state index contributed by atoms with van der Waals surface area (Å²) in [6, 6.07) is 2.14. The summed E-state index contributed by atoms with van der Waals surface area (Å²) >= 11 is 1.78. The summed E-state index contributed by atoms with van der Waals surface area (Å²) in [5.74, 6) is 1.29. The summed E-state index contributed by atoms with van der Waals surface area (Å²) in [4.78, 5) is 24.6. The van der Waals surface area contributed by atoms with Crippen molar-refractivity contribution in [2.75, 3.05) is 24.5 Å². The minimum absolute atomic E-state index is 0.0348. The summed E-state index contributed by atoms with van der Waals surface area (Å²) in [5, 5.41) is 7.02. The Kier molecular flexibility index (Phi) is 5.17. The van der Waals surface area contributed by atoms with Crippen LogP contribution in [0.15, 0.2) is 17.6 Å². The highest BCUT2D eigenvalue weighted by Gasteiger charge is 2.33. The number of hydrogen-bond acceptors (Lipinski definition) is 5. The maximum absolute atomic E-state index is 13.7. The summed E-state index contributed by atoms with van der Waals surface area (Å²) in [7, 11) is 0. The van der Waals surface area contributed by atoms with Gasteiger partial charge in [-0.15, -0.1) is 11.3 Å². The maximum Gasteiger partial charge on any atom is 0.255 e. The van der Waals surface area contributed by atoms with Gasteiger partial charge >= 0.3 is 0 Å². The van der Waals surface area contributed by atoms with Crippen molar-refractivity contribution in [1.29, 1.82) is 0 Å². The molecule has 2 saturated heterocycles. The Morgan fingerprint density at radius 2 is 1.88 bits per heavy atom. The first-order valence-corrected chi connectivity index (χ1v) is 13.1. The Morgan fingerprint density at radius 3 is 2.75 bits per heavy atom. The van der Waals surface area contributed by atoms with Crippen LogP contribution in [-0.4, -0.2) is 45.0 Å². The fourth-order valence-corrected chi connectivity index (χ4v) is 6.86. The zero-order valence-electron chi connectivity index (χ0n) is 18.8. The van der Waals surface area contributed by atoms with Gasteiger partial charge in [0.2, 0.25) is 0 Å². The number of fused-ring (bicyclic) bond motifs is 2. The molecule has 5 heterocycles. The quantitative estimate of drug-likeness (QED) is 0.568. The zero-order valence-corrected chi connectivity index (χ0v) is 19.7. The minimum Gasteiger partial charge on any atom is -0.356 e. The molecule has 2 aliphatic heterocycles. The highest BCUT2D eigenvalue weighted by molar-refractivity contribution is 7.10. The molecule has 0 saturated carbocycles. The van der Waals surface area contributed by atoms with E-state index < -0.39 is 0 Å². The van der Waals surface area contributed by atoms with Crippen LogP contribution < -0.4 is 4.90 Å². The first kappa shape index (κ1) is 20.2. The molecule has 3 aromatic heterocycles. The van der Waals surface area contributed by atoms with Gasteiger partial charge in [-0.05, 0) is 70.3 Å². The van der Waals surface area contributed by atoms with E-state index in [4.69, 9.17) is 10.1 Å². The first-order chi connectivity index (χ1) is 15.7. The maximum atomic E-state index is 13.7. The number of aryl methyl sites for hydroxylation is 2. The summed E-state index contributed by atoms with van der Waals surface area (Å²) in [5.41, 5.74) is 5.30. The molecule has 0 radical (unpaired) electrons. The molecule has 2 fully saturated rings. The van der Waals surface area contributed by atoms with Crippen molar-refractivity contribution in [3.05, 3.63) is 44.9 Å². The van der Waals surface area contributed by atoms with Crippen LogP contribution in [0.4, 0.5) is 5.82 Å². The highest BCUT2D eigenvalue weighted by Crippen LogP contribution is 2.36. The number of hydrogen-bond donors (Lipinski definition) is 0. The molecule has 7 heteroatoms. The Balaban J connectivity index is 1.33. The third-order valence-corrected chi connectivity index (χ3v) is 8.52. The molecule has 32 heavy (non-hydrogen) atoms. The van der Waals surface area contributed by atoms with Gasteiger partial charge in [0.25, 0.3) is 5.91 Å². The molecule has 3 aromatic rings. The number of thiophene rings is 1. The van der Waals surface area contributed by atoms with E-state index in [1.165, 1.54) is 36.1 Å². The van der Waals surface area contributed by atoms with Crippen LogP contribution >= 0.6 is 11.3 Å². The monoisotopic (exact) mass is 449 g/mol. The number of aromatic nitrogens is 3. The molecule has 3 aliphatic rings. The number of anilines is 1. The minimum atomic E-state index is 0.0348. The third-order valence-electron chi connectivity index (χ3n) is 7.43. The van der Waals surface area contributed by atoms with Crippen LogP contribution in [0.3, 0.4) is 0 Å². The summed E-state index contributed by atoms with van der Waals surface area (Å²) in [6.07, 6.45) is 12.4. The second kappa shape index (κ2) is 8.18. The van der Waals surface area contributed by atoms with Crippen molar-refractivity contribution < 1.29 is 4.79 Å². The average Bonchev–Trinajstić information content (AvgIpc) is 3.57. The Hall–Kier alpha value is -2.41. The van der Waals surface area contributed by atoms with Crippen LogP contribution in [-0.2, 0) is 12.8 Å². The van der Waals surface area contributed by atoms with Crippen molar-refractivity contribution in [3.63, 3.8) is 0 Å². The number of nitrogens with zero attached hydrogens (tertiary/aromatic N) is 5. The van der Waals surface area contributed by atoms with Crippen LogP contribution in [0.25, 0.3) is 5.65 Å². The van der Waals surface area contributed by atoms with Gasteiger partial charge in [-0.1, -0.05) is 0 Å². The number of rotatable bonds is 3. The normalized spacial score (nSPS) is 21.3. The van der Waals surface area contributed by atoms with Crippen LogP contribution in [0, 0.1) is 6.92 Å². The molecule has 0 aromatic carbocycles. The molecule has 1 atom stereocenters. The lowest BCUT2D eigenvalue weighted by molar-refractivity contribution is 0.0605. The van der Waals surface area contributed by atoms with E-state index in [0.717, 1.165) is 80.0 Å². The largest absolute Gasteiger partial charge is 0.356 e. The molecular weight excluding hydrogens is 418 g/mol. The van der Waals surface area contributed by atoms with Gasteiger partial charge in [0.1, 0.15) is 5.82 Å². The lowest BCUT2D eigenvalue weighted by Crippen LogP contribution is -2.39. The SMILES string of the molecule is Cc1cn2nc([C@@H]3CCCCN3C(=O)c3csc4c3CCCC4)cc2nc1N1CCCC1. The van der Waals surface area contributed by atoms with Crippen LogP contribution in [0.2, 0.25) is 0 Å². The van der Waals surface area contributed by atoms with E-state index in [-0.39, 0.29) is 11.9 Å². The first-order valence-electron chi connectivity index (χ1n) is 12.2. The van der Waals surface area contributed by atoms with E-state index in [2.05, 4.69) is 34.4 Å². The molecule has 6 nitrogen and oxygen atoms in total. The van der Waals surface area contributed by atoms with Crippen LogP contribution in [0.1, 0.15) is 83.0 Å². The molecule has 0 bridgehead atoms. The number of likely N-dealkylation sites (tertiary alicyclic amines) is 1. The lowest BCUT2D eigenvalue weighted by atomic mass is 9.93. The predicted molar refractivity (Wildman–Crippen MR) is 128 cm³/mol. The number of amides is 1. The van der Waals surface area contributed by atoms with Gasteiger partial charge in [0.05, 0.1) is 17.3 Å². The van der Waals surface area contributed by atoms with E-state index in [1.54, 1.807) is 11.3 Å². The van der Waals surface area contributed by atoms with Gasteiger partial charge in [-0.3, -0.25) is 4.79 Å². The van der Waals surface area contributed by atoms with Gasteiger partial charge in [0.15, 0.2) is 5.65 Å². The van der Waals surface area contributed by atoms with Gasteiger partial charge < -0.3 is 9.80 Å². The molecule has 0 N–H and O–H groups in total. The number of carbonyl (C=O) groups is 1. The predicted octanol–water partition coefficient (Wildman–Crippen LogP) is 4.95. The molecule has 1 amide bonds. The number of piperidine rings is 1. The Morgan fingerprint density at radius 1 is 1.06 bits per heavy atom. The van der Waals surface area contributed by atoms with Crippen molar-refractivity contribution in [2.45, 2.75) is 70.8 Å². The Labute approximate surface area is 193 Å². The van der Waals surface area contributed by atoms with E-state index in [0.29, 0.717) is 0 Å². The zero-order chi connectivity index (χ0) is 21.7. The summed E-state index contributed by atoms with van der Waals surface area (Å²) < 4.78 is 1.91. The number of carbonyl (C=O) groups excluding carboxylic acids is 1. The molecule has 0 spiro atoms. The van der Waals surface area contributed by atoms with Crippen molar-refractivity contribution in [1.82, 2.24) is 19.5 Å². The standard InChI is InChI=1S/C25H31N5OS/c1-17-15-30-23(26-24(17)28-11-6-7-12-28)14-20(27-30)21-9-4-5-13-29(21)25(31)19-16-32-22-10-3-2-8-18(19)22/h14-16,21H,2-13H2,1H3/t21-/m0/s1. The molecule has 168 valence electrons. The smallest absolute Gasteiger partial charge is 0.255 e. The fraction of sp³-hybridized carbons (Fsp3) is 0.560. The molecule has 6 rings (SSSR count). The second-order valence-corrected chi connectivity index (χ2v) is 10.5. The molecule has 1 aliphatic carbocycles. The van der Waals surface area contributed by atoms with E-state index in [1.807, 2.05) is 4.52 Å². The molecule has 0 unspecified atom stereocenters. The Bertz CT molecular complexity index is 1160. The van der Waals surface area contributed by atoms with Gasteiger partial charge in [-0.2, -0.15) is 5.10 Å². The van der Waals surface area contributed by atoms with Crippen molar-refractivity contribution in [2.24, 2.45) is 0 Å². The lowest BCUT2D eigenvalue weighted by Gasteiger charge is -2.35. The third kappa shape index (κ3) is 3.41. The van der Waals surface area contributed by atoms with E-state index >= 15 is 0 Å². The van der Waals surface area contributed by atoms with Gasteiger partial charge in [-0.25, -0.2) is 9.50 Å². The van der Waals surface area contributed by atoms with Gasteiger partial charge in [0, 0.05) is 47.7 Å². The molecular formula is C25H31N5OS. The summed E-state index contributed by atoms with van der Waals surface area (Å²) in [6.45, 7) is 5.10. The van der Waals surface area contributed by atoms with E-state index in [9.17, 15) is 4.79 Å². The van der Waals surface area contributed by atoms with Crippen molar-refractivity contribution in [3.8, 4) is 0 Å². The topological polar surface area (TPSA) is 53.7 Å². The van der Waals surface area contributed by atoms with Crippen LogP contribution in [0.5, 0.6) is 0 Å². The average molecular weight is 450 g/mol. The fourth-order valence-electron chi connectivity index (χ4n) is 5.74. The highest BCUT2D eigenvalue weighted by atomic mass is 32.1.